The summed E-state index contributed by atoms with van der Waals surface area (Å²) in [6.45, 7) is 10.8. The number of likely N-dealkylation sites (tertiary alicyclic amines) is 1. The first kappa shape index (κ1) is 15.4. The highest BCUT2D eigenvalue weighted by atomic mass is 16.2. The number of carbonyl (C=O) groups excluding carboxylic acids is 1. The molecule has 1 aliphatic rings. The molecule has 1 rings (SSSR count). The van der Waals surface area contributed by atoms with Crippen LogP contribution in [0.15, 0.2) is 0 Å². The second-order valence-electron chi connectivity index (χ2n) is 5.99. The minimum atomic E-state index is -0.395. The molecule has 0 radical (unpaired) electrons. The van der Waals surface area contributed by atoms with Gasteiger partial charge in [-0.25, -0.2) is 0 Å². The zero-order chi connectivity index (χ0) is 13.5. The van der Waals surface area contributed by atoms with Crippen LogP contribution in [0.25, 0.3) is 0 Å². The molecule has 0 spiro atoms. The van der Waals surface area contributed by atoms with Gasteiger partial charge in [-0.2, -0.15) is 0 Å². The SMILES string of the molecule is CC1CC(C)CN(CCCCNC(=O)C(C)N)C1. The minimum Gasteiger partial charge on any atom is -0.355 e. The Balaban J connectivity index is 2.05. The molecule has 3 N–H and O–H groups in total. The largest absolute Gasteiger partial charge is 0.355 e. The quantitative estimate of drug-likeness (QED) is 0.701. The summed E-state index contributed by atoms with van der Waals surface area (Å²) in [5, 5.41) is 2.85. The summed E-state index contributed by atoms with van der Waals surface area (Å²) in [5.41, 5.74) is 5.48. The van der Waals surface area contributed by atoms with E-state index in [1.54, 1.807) is 6.92 Å². The molecule has 4 nitrogen and oxygen atoms in total. The molecule has 0 saturated carbocycles. The average molecular weight is 255 g/mol. The summed E-state index contributed by atoms with van der Waals surface area (Å²) in [6, 6.07) is -0.395. The van der Waals surface area contributed by atoms with Crippen LogP contribution in [0, 0.1) is 11.8 Å². The van der Waals surface area contributed by atoms with Crippen molar-refractivity contribution in [1.29, 1.82) is 0 Å². The summed E-state index contributed by atoms with van der Waals surface area (Å²) in [7, 11) is 0. The fraction of sp³-hybridized carbons (Fsp3) is 0.929. The van der Waals surface area contributed by atoms with Gasteiger partial charge in [-0.05, 0) is 44.6 Å². The summed E-state index contributed by atoms with van der Waals surface area (Å²) in [6.07, 6.45) is 3.55. The lowest BCUT2D eigenvalue weighted by atomic mass is 9.92. The van der Waals surface area contributed by atoms with Crippen molar-refractivity contribution >= 4 is 5.91 Å². The molecule has 0 aromatic heterocycles. The van der Waals surface area contributed by atoms with Crippen LogP contribution in [-0.4, -0.2) is 43.0 Å². The van der Waals surface area contributed by atoms with Gasteiger partial charge in [0.05, 0.1) is 6.04 Å². The molecule has 3 atom stereocenters. The maximum atomic E-state index is 11.2. The van der Waals surface area contributed by atoms with Crippen LogP contribution < -0.4 is 11.1 Å². The van der Waals surface area contributed by atoms with Crippen molar-refractivity contribution in [2.75, 3.05) is 26.2 Å². The molecule has 0 aromatic rings. The van der Waals surface area contributed by atoms with Crippen LogP contribution in [0.3, 0.4) is 0 Å². The van der Waals surface area contributed by atoms with Gasteiger partial charge in [-0.1, -0.05) is 13.8 Å². The van der Waals surface area contributed by atoms with E-state index in [0.29, 0.717) is 0 Å². The predicted molar refractivity (Wildman–Crippen MR) is 75.3 cm³/mol. The number of nitrogens with two attached hydrogens (primary N) is 1. The van der Waals surface area contributed by atoms with E-state index in [1.165, 1.54) is 19.5 Å². The summed E-state index contributed by atoms with van der Waals surface area (Å²) in [5.74, 6) is 1.60. The van der Waals surface area contributed by atoms with Crippen molar-refractivity contribution in [3.8, 4) is 0 Å². The number of hydrogen-bond donors (Lipinski definition) is 2. The molecule has 0 aromatic carbocycles. The van der Waals surface area contributed by atoms with Crippen LogP contribution in [0.4, 0.5) is 0 Å². The number of unbranched alkanes of at least 4 members (excludes halogenated alkanes) is 1. The van der Waals surface area contributed by atoms with E-state index in [9.17, 15) is 4.79 Å². The van der Waals surface area contributed by atoms with Crippen LogP contribution in [-0.2, 0) is 4.79 Å². The molecule has 1 heterocycles. The number of carbonyl (C=O) groups is 1. The van der Waals surface area contributed by atoms with Gasteiger partial charge in [0.2, 0.25) is 5.91 Å². The monoisotopic (exact) mass is 255 g/mol. The summed E-state index contributed by atoms with van der Waals surface area (Å²) >= 11 is 0. The van der Waals surface area contributed by atoms with Gasteiger partial charge in [0, 0.05) is 19.6 Å². The highest BCUT2D eigenvalue weighted by Crippen LogP contribution is 2.20. The Morgan fingerprint density at radius 3 is 2.50 bits per heavy atom. The fourth-order valence-corrected chi connectivity index (χ4v) is 2.81. The standard InChI is InChI=1S/C14H29N3O/c1-11-8-12(2)10-17(9-11)7-5-4-6-16-14(18)13(3)15/h11-13H,4-10,15H2,1-3H3,(H,16,18). The number of rotatable bonds is 6. The van der Waals surface area contributed by atoms with E-state index in [0.717, 1.165) is 37.8 Å². The Labute approximate surface area is 111 Å². The van der Waals surface area contributed by atoms with E-state index < -0.39 is 6.04 Å². The van der Waals surface area contributed by atoms with Crippen molar-refractivity contribution in [3.05, 3.63) is 0 Å². The molecule has 0 aliphatic carbocycles. The van der Waals surface area contributed by atoms with Crippen molar-refractivity contribution < 1.29 is 4.79 Å². The molecule has 1 amide bonds. The fourth-order valence-electron chi connectivity index (χ4n) is 2.81. The van der Waals surface area contributed by atoms with E-state index >= 15 is 0 Å². The van der Waals surface area contributed by atoms with Gasteiger partial charge in [0.1, 0.15) is 0 Å². The number of piperidine rings is 1. The smallest absolute Gasteiger partial charge is 0.236 e. The van der Waals surface area contributed by atoms with Gasteiger partial charge in [0.15, 0.2) is 0 Å². The van der Waals surface area contributed by atoms with E-state index in [2.05, 4.69) is 24.1 Å². The van der Waals surface area contributed by atoms with Crippen molar-refractivity contribution in [3.63, 3.8) is 0 Å². The van der Waals surface area contributed by atoms with E-state index in [1.807, 2.05) is 0 Å². The molecule has 18 heavy (non-hydrogen) atoms. The highest BCUT2D eigenvalue weighted by Gasteiger charge is 2.20. The zero-order valence-electron chi connectivity index (χ0n) is 12.1. The lowest BCUT2D eigenvalue weighted by Crippen LogP contribution is -2.40. The number of nitrogens with zero attached hydrogens (tertiary/aromatic N) is 1. The third-order valence-corrected chi connectivity index (χ3v) is 3.56. The van der Waals surface area contributed by atoms with Gasteiger partial charge >= 0.3 is 0 Å². The average Bonchev–Trinajstić information content (AvgIpc) is 2.26. The Morgan fingerprint density at radius 1 is 1.33 bits per heavy atom. The van der Waals surface area contributed by atoms with Crippen LogP contribution >= 0.6 is 0 Å². The van der Waals surface area contributed by atoms with Gasteiger partial charge < -0.3 is 16.0 Å². The maximum Gasteiger partial charge on any atom is 0.236 e. The Morgan fingerprint density at radius 2 is 1.94 bits per heavy atom. The molecule has 1 saturated heterocycles. The van der Waals surface area contributed by atoms with Gasteiger partial charge in [-0.15, -0.1) is 0 Å². The first-order valence-corrected chi connectivity index (χ1v) is 7.24. The molecule has 3 unspecified atom stereocenters. The minimum absolute atomic E-state index is 0.0461. The Hall–Kier alpha value is -0.610. The molecule has 0 bridgehead atoms. The Kier molecular flexibility index (Phi) is 6.65. The lowest BCUT2D eigenvalue weighted by Gasteiger charge is -2.34. The van der Waals surface area contributed by atoms with E-state index in [-0.39, 0.29) is 5.91 Å². The molecule has 1 aliphatic heterocycles. The van der Waals surface area contributed by atoms with Crippen molar-refractivity contribution in [2.45, 2.75) is 46.1 Å². The zero-order valence-corrected chi connectivity index (χ0v) is 12.1. The first-order valence-electron chi connectivity index (χ1n) is 7.24. The molecule has 106 valence electrons. The number of amides is 1. The molecular formula is C14H29N3O. The van der Waals surface area contributed by atoms with Gasteiger partial charge in [-0.3, -0.25) is 4.79 Å². The van der Waals surface area contributed by atoms with Crippen molar-refractivity contribution in [1.82, 2.24) is 10.2 Å². The normalized spacial score (nSPS) is 26.9. The number of hydrogen-bond acceptors (Lipinski definition) is 3. The predicted octanol–water partition coefficient (Wildman–Crippen LogP) is 1.21. The summed E-state index contributed by atoms with van der Waals surface area (Å²) in [4.78, 5) is 13.8. The highest BCUT2D eigenvalue weighted by molar-refractivity contribution is 5.80. The Bertz CT molecular complexity index is 245. The second kappa shape index (κ2) is 7.74. The lowest BCUT2D eigenvalue weighted by molar-refractivity contribution is -0.121. The van der Waals surface area contributed by atoms with E-state index in [4.69, 9.17) is 5.73 Å². The molecule has 4 heteroatoms. The van der Waals surface area contributed by atoms with Crippen LogP contribution in [0.1, 0.15) is 40.0 Å². The third kappa shape index (κ3) is 5.83. The van der Waals surface area contributed by atoms with Gasteiger partial charge in [0.25, 0.3) is 0 Å². The second-order valence-corrected chi connectivity index (χ2v) is 5.99. The van der Waals surface area contributed by atoms with Crippen molar-refractivity contribution in [2.24, 2.45) is 17.6 Å². The number of nitrogens with one attached hydrogen (secondary N) is 1. The summed E-state index contributed by atoms with van der Waals surface area (Å²) < 4.78 is 0. The molecular weight excluding hydrogens is 226 g/mol. The molecule has 1 fully saturated rings. The third-order valence-electron chi connectivity index (χ3n) is 3.56. The topological polar surface area (TPSA) is 58.4 Å². The van der Waals surface area contributed by atoms with Crippen LogP contribution in [0.5, 0.6) is 0 Å². The first-order chi connectivity index (χ1) is 8.49. The maximum absolute atomic E-state index is 11.2. The van der Waals surface area contributed by atoms with Crippen LogP contribution in [0.2, 0.25) is 0 Å².